The molecular formula is C15H11ClO2. The SMILES string of the molecule is OCC1=Cc2ccccc2Oc2cc(Cl)ccc21. The van der Waals surface area contributed by atoms with Crippen LogP contribution in [0.4, 0.5) is 0 Å². The molecule has 1 heterocycles. The molecule has 2 aromatic carbocycles. The Balaban J connectivity index is 2.24. The summed E-state index contributed by atoms with van der Waals surface area (Å²) in [7, 11) is 0. The highest BCUT2D eigenvalue weighted by Crippen LogP contribution is 2.38. The zero-order valence-corrected chi connectivity index (χ0v) is 10.3. The predicted octanol–water partition coefficient (Wildman–Crippen LogP) is 3.98. The van der Waals surface area contributed by atoms with Gasteiger partial charge in [0.05, 0.1) is 6.61 Å². The Labute approximate surface area is 110 Å². The molecule has 2 aromatic rings. The molecule has 2 nitrogen and oxygen atoms in total. The van der Waals surface area contributed by atoms with Crippen LogP contribution in [-0.4, -0.2) is 11.7 Å². The molecule has 1 aliphatic heterocycles. The third kappa shape index (κ3) is 1.90. The molecule has 1 N–H and O–H groups in total. The number of benzene rings is 2. The van der Waals surface area contributed by atoms with Crippen LogP contribution in [0, 0.1) is 0 Å². The molecule has 0 spiro atoms. The first-order valence-corrected chi connectivity index (χ1v) is 6.04. The molecule has 3 rings (SSSR count). The summed E-state index contributed by atoms with van der Waals surface area (Å²) < 4.78 is 5.87. The van der Waals surface area contributed by atoms with Crippen molar-refractivity contribution in [3.8, 4) is 11.5 Å². The van der Waals surface area contributed by atoms with Crippen LogP contribution in [-0.2, 0) is 0 Å². The maximum Gasteiger partial charge on any atom is 0.136 e. The number of aliphatic hydroxyl groups is 1. The fourth-order valence-electron chi connectivity index (χ4n) is 2.05. The van der Waals surface area contributed by atoms with Crippen LogP contribution in [0.3, 0.4) is 0 Å². The van der Waals surface area contributed by atoms with Crippen LogP contribution in [0.2, 0.25) is 5.02 Å². The molecule has 0 saturated heterocycles. The third-order valence-electron chi connectivity index (χ3n) is 2.93. The average Bonchev–Trinajstić information content (AvgIpc) is 2.53. The molecule has 0 atom stereocenters. The molecule has 18 heavy (non-hydrogen) atoms. The zero-order valence-electron chi connectivity index (χ0n) is 9.56. The van der Waals surface area contributed by atoms with Gasteiger partial charge in [0.25, 0.3) is 0 Å². The van der Waals surface area contributed by atoms with Gasteiger partial charge in [-0.25, -0.2) is 0 Å². The summed E-state index contributed by atoms with van der Waals surface area (Å²) in [5.41, 5.74) is 2.65. The molecule has 0 aliphatic carbocycles. The number of hydrogen-bond donors (Lipinski definition) is 1. The summed E-state index contributed by atoms with van der Waals surface area (Å²) >= 11 is 5.99. The molecule has 0 radical (unpaired) electrons. The largest absolute Gasteiger partial charge is 0.456 e. The van der Waals surface area contributed by atoms with Crippen molar-refractivity contribution >= 4 is 23.3 Å². The van der Waals surface area contributed by atoms with Crippen molar-refractivity contribution in [2.75, 3.05) is 6.61 Å². The van der Waals surface area contributed by atoms with Crippen molar-refractivity contribution in [2.24, 2.45) is 0 Å². The second-order valence-corrected chi connectivity index (χ2v) is 4.54. The van der Waals surface area contributed by atoms with Crippen LogP contribution >= 0.6 is 11.6 Å². The highest BCUT2D eigenvalue weighted by Gasteiger charge is 2.16. The summed E-state index contributed by atoms with van der Waals surface area (Å²) in [5, 5.41) is 10.1. The molecule has 0 saturated carbocycles. The van der Waals surface area contributed by atoms with E-state index in [1.165, 1.54) is 0 Å². The van der Waals surface area contributed by atoms with E-state index in [4.69, 9.17) is 16.3 Å². The molecule has 3 heteroatoms. The fourth-order valence-corrected chi connectivity index (χ4v) is 2.22. The van der Waals surface area contributed by atoms with Gasteiger partial charge in [0.1, 0.15) is 11.5 Å². The van der Waals surface area contributed by atoms with Crippen molar-refractivity contribution in [2.45, 2.75) is 0 Å². The first-order valence-electron chi connectivity index (χ1n) is 5.66. The van der Waals surface area contributed by atoms with Crippen LogP contribution in [0.5, 0.6) is 11.5 Å². The standard InChI is InChI=1S/C15H11ClO2/c16-12-5-6-13-11(9-17)7-10-3-1-2-4-14(10)18-15(13)8-12/h1-8,17H,9H2. The number of rotatable bonds is 1. The van der Waals surface area contributed by atoms with Gasteiger partial charge in [-0.05, 0) is 29.8 Å². The first-order chi connectivity index (χ1) is 8.78. The zero-order chi connectivity index (χ0) is 12.5. The molecule has 0 fully saturated rings. The van der Waals surface area contributed by atoms with E-state index >= 15 is 0 Å². The van der Waals surface area contributed by atoms with E-state index in [9.17, 15) is 5.11 Å². The van der Waals surface area contributed by atoms with Crippen molar-refractivity contribution in [3.63, 3.8) is 0 Å². The second kappa shape index (κ2) is 4.48. The van der Waals surface area contributed by atoms with Gasteiger partial charge in [0, 0.05) is 22.2 Å². The Morgan fingerprint density at radius 3 is 2.72 bits per heavy atom. The van der Waals surface area contributed by atoms with Crippen LogP contribution < -0.4 is 4.74 Å². The number of aliphatic hydroxyl groups excluding tert-OH is 1. The van der Waals surface area contributed by atoms with Gasteiger partial charge in [-0.15, -0.1) is 0 Å². The Kier molecular flexibility index (Phi) is 2.82. The number of fused-ring (bicyclic) bond motifs is 2. The number of halogens is 1. The highest BCUT2D eigenvalue weighted by molar-refractivity contribution is 6.30. The lowest BCUT2D eigenvalue weighted by atomic mass is 10.0. The molecule has 0 unspecified atom stereocenters. The van der Waals surface area contributed by atoms with Crippen LogP contribution in [0.1, 0.15) is 11.1 Å². The van der Waals surface area contributed by atoms with E-state index in [1.54, 1.807) is 12.1 Å². The molecule has 0 aromatic heterocycles. The van der Waals surface area contributed by atoms with E-state index in [-0.39, 0.29) is 6.61 Å². The molecular weight excluding hydrogens is 248 g/mol. The normalized spacial score (nSPS) is 12.9. The predicted molar refractivity (Wildman–Crippen MR) is 72.9 cm³/mol. The van der Waals surface area contributed by atoms with Gasteiger partial charge in [-0.3, -0.25) is 0 Å². The molecule has 90 valence electrons. The number of para-hydroxylation sites is 1. The van der Waals surface area contributed by atoms with Crippen molar-refractivity contribution in [3.05, 3.63) is 58.6 Å². The summed E-state index contributed by atoms with van der Waals surface area (Å²) in [4.78, 5) is 0. The lowest BCUT2D eigenvalue weighted by Crippen LogP contribution is -1.92. The molecule has 0 bridgehead atoms. The lowest BCUT2D eigenvalue weighted by Gasteiger charge is -2.10. The minimum Gasteiger partial charge on any atom is -0.456 e. The minimum absolute atomic E-state index is 0.0354. The second-order valence-electron chi connectivity index (χ2n) is 4.11. The van der Waals surface area contributed by atoms with Gasteiger partial charge >= 0.3 is 0 Å². The van der Waals surface area contributed by atoms with Crippen molar-refractivity contribution in [1.29, 1.82) is 0 Å². The van der Waals surface area contributed by atoms with Gasteiger partial charge in [0.15, 0.2) is 0 Å². The number of hydrogen-bond acceptors (Lipinski definition) is 2. The van der Waals surface area contributed by atoms with Crippen molar-refractivity contribution < 1.29 is 9.84 Å². The Morgan fingerprint density at radius 2 is 1.89 bits per heavy atom. The topological polar surface area (TPSA) is 29.5 Å². The summed E-state index contributed by atoms with van der Waals surface area (Å²) in [6.45, 7) is -0.0354. The smallest absolute Gasteiger partial charge is 0.136 e. The average molecular weight is 259 g/mol. The van der Waals surface area contributed by atoms with E-state index < -0.39 is 0 Å². The minimum atomic E-state index is -0.0354. The van der Waals surface area contributed by atoms with Gasteiger partial charge in [-0.1, -0.05) is 29.8 Å². The monoisotopic (exact) mass is 258 g/mol. The maximum atomic E-state index is 9.50. The van der Waals surface area contributed by atoms with Crippen molar-refractivity contribution in [1.82, 2.24) is 0 Å². The summed E-state index contributed by atoms with van der Waals surface area (Å²) in [6.07, 6.45) is 1.94. The maximum absolute atomic E-state index is 9.50. The van der Waals surface area contributed by atoms with Gasteiger partial charge in [-0.2, -0.15) is 0 Å². The van der Waals surface area contributed by atoms with Gasteiger partial charge in [0.2, 0.25) is 0 Å². The Bertz CT molecular complexity index is 632. The Hall–Kier alpha value is -1.77. The van der Waals surface area contributed by atoms with E-state index in [2.05, 4.69) is 0 Å². The first kappa shape index (κ1) is 11.3. The number of ether oxygens (including phenoxy) is 1. The van der Waals surface area contributed by atoms with Crippen LogP contribution in [0.15, 0.2) is 42.5 Å². The van der Waals surface area contributed by atoms with E-state index in [0.29, 0.717) is 10.8 Å². The Morgan fingerprint density at radius 1 is 1.06 bits per heavy atom. The third-order valence-corrected chi connectivity index (χ3v) is 3.16. The van der Waals surface area contributed by atoms with Gasteiger partial charge < -0.3 is 9.84 Å². The van der Waals surface area contributed by atoms with E-state index in [1.807, 2.05) is 36.4 Å². The quantitative estimate of drug-likeness (QED) is 0.838. The molecule has 1 aliphatic rings. The van der Waals surface area contributed by atoms with Crippen LogP contribution in [0.25, 0.3) is 11.6 Å². The summed E-state index contributed by atoms with van der Waals surface area (Å²) in [5.74, 6) is 1.44. The molecule has 0 amide bonds. The van der Waals surface area contributed by atoms with E-state index in [0.717, 1.165) is 22.4 Å². The lowest BCUT2D eigenvalue weighted by molar-refractivity contribution is 0.350. The summed E-state index contributed by atoms with van der Waals surface area (Å²) in [6, 6.07) is 13.1. The fraction of sp³-hybridized carbons (Fsp3) is 0.0667. The highest BCUT2D eigenvalue weighted by atomic mass is 35.5.